The van der Waals surface area contributed by atoms with Crippen LogP contribution in [0.4, 0.5) is 0 Å². The number of hydrogen-bond donors (Lipinski definition) is 2. The van der Waals surface area contributed by atoms with Crippen molar-refractivity contribution in [3.05, 3.63) is 34.3 Å². The number of hydrogen-bond acceptors (Lipinski definition) is 2. The van der Waals surface area contributed by atoms with Crippen molar-refractivity contribution in [2.24, 2.45) is 5.92 Å². The summed E-state index contributed by atoms with van der Waals surface area (Å²) in [6.45, 7) is 5.91. The van der Waals surface area contributed by atoms with Gasteiger partial charge in [0.1, 0.15) is 0 Å². The van der Waals surface area contributed by atoms with E-state index in [-0.39, 0.29) is 17.4 Å². The number of rotatable bonds is 3. The molecule has 0 aliphatic carbocycles. The average Bonchev–Trinajstić information content (AvgIpc) is 2.40. The summed E-state index contributed by atoms with van der Waals surface area (Å²) in [7, 11) is 0. The fourth-order valence-corrected chi connectivity index (χ4v) is 2.69. The van der Waals surface area contributed by atoms with Crippen molar-refractivity contribution >= 4 is 21.8 Å². The van der Waals surface area contributed by atoms with E-state index in [1.54, 1.807) is 0 Å². The molecule has 1 aromatic carbocycles. The molecule has 0 radical (unpaired) electrons. The van der Waals surface area contributed by atoms with E-state index in [1.807, 2.05) is 38.1 Å². The van der Waals surface area contributed by atoms with Crippen LogP contribution in [0.3, 0.4) is 0 Å². The summed E-state index contributed by atoms with van der Waals surface area (Å²) >= 11 is 3.43. The molecular weight excluding hydrogens is 304 g/mol. The molecule has 19 heavy (non-hydrogen) atoms. The fraction of sp³-hybridized carbons (Fsp3) is 0.533. The third-order valence-electron chi connectivity index (χ3n) is 3.67. The maximum absolute atomic E-state index is 12.3. The minimum atomic E-state index is -0.338. The van der Waals surface area contributed by atoms with Crippen LogP contribution in [0.5, 0.6) is 0 Å². The van der Waals surface area contributed by atoms with Gasteiger partial charge in [0, 0.05) is 11.0 Å². The highest BCUT2D eigenvalue weighted by Gasteiger charge is 2.28. The van der Waals surface area contributed by atoms with Gasteiger partial charge in [-0.05, 0) is 50.9 Å². The summed E-state index contributed by atoms with van der Waals surface area (Å²) in [5.74, 6) is 0.253. The lowest BCUT2D eigenvalue weighted by Gasteiger charge is -2.31. The summed E-state index contributed by atoms with van der Waals surface area (Å²) in [5, 5.41) is 6.45. The molecule has 3 nitrogen and oxygen atoms in total. The molecule has 104 valence electrons. The number of piperidine rings is 1. The Hall–Kier alpha value is -0.870. The predicted molar refractivity (Wildman–Crippen MR) is 80.9 cm³/mol. The molecule has 0 spiro atoms. The van der Waals surface area contributed by atoms with Crippen LogP contribution in [0.2, 0.25) is 0 Å². The lowest BCUT2D eigenvalue weighted by atomic mass is 9.92. The van der Waals surface area contributed by atoms with Crippen molar-refractivity contribution in [2.75, 3.05) is 13.1 Å². The van der Waals surface area contributed by atoms with Crippen molar-refractivity contribution in [3.63, 3.8) is 0 Å². The van der Waals surface area contributed by atoms with Crippen LogP contribution >= 0.6 is 15.9 Å². The molecule has 2 rings (SSSR count). The van der Waals surface area contributed by atoms with E-state index in [0.717, 1.165) is 36.0 Å². The van der Waals surface area contributed by atoms with Crippen LogP contribution < -0.4 is 10.6 Å². The van der Waals surface area contributed by atoms with E-state index in [0.29, 0.717) is 0 Å². The van der Waals surface area contributed by atoms with E-state index in [9.17, 15) is 4.79 Å². The SMILES string of the molecule is CC(C)(NC(=O)C1CCCNC1)c1ccc(Br)cc1. The molecule has 1 amide bonds. The zero-order valence-electron chi connectivity index (χ0n) is 11.5. The number of nitrogens with one attached hydrogen (secondary N) is 2. The van der Waals surface area contributed by atoms with Crippen molar-refractivity contribution in [1.82, 2.24) is 10.6 Å². The van der Waals surface area contributed by atoms with Gasteiger partial charge in [0.25, 0.3) is 0 Å². The lowest BCUT2D eigenvalue weighted by molar-refractivity contribution is -0.127. The Morgan fingerprint density at radius 3 is 2.63 bits per heavy atom. The minimum Gasteiger partial charge on any atom is -0.347 e. The summed E-state index contributed by atoms with van der Waals surface area (Å²) < 4.78 is 1.05. The van der Waals surface area contributed by atoms with E-state index in [1.165, 1.54) is 0 Å². The topological polar surface area (TPSA) is 41.1 Å². The zero-order chi connectivity index (χ0) is 13.9. The maximum Gasteiger partial charge on any atom is 0.225 e. The number of amides is 1. The summed E-state index contributed by atoms with van der Waals surface area (Å²) in [6, 6.07) is 8.10. The number of halogens is 1. The van der Waals surface area contributed by atoms with Gasteiger partial charge in [0.15, 0.2) is 0 Å². The molecule has 1 aliphatic heterocycles. The molecule has 1 atom stereocenters. The molecule has 2 N–H and O–H groups in total. The Balaban J connectivity index is 2.03. The zero-order valence-corrected chi connectivity index (χ0v) is 13.1. The predicted octanol–water partition coefficient (Wildman–Crippen LogP) is 2.80. The molecule has 1 fully saturated rings. The monoisotopic (exact) mass is 324 g/mol. The quantitative estimate of drug-likeness (QED) is 0.897. The van der Waals surface area contributed by atoms with Crippen LogP contribution in [0, 0.1) is 5.92 Å². The first-order chi connectivity index (χ1) is 8.99. The summed E-state index contributed by atoms with van der Waals surface area (Å²) in [6.07, 6.45) is 2.06. The summed E-state index contributed by atoms with van der Waals surface area (Å²) in [4.78, 5) is 12.3. The maximum atomic E-state index is 12.3. The van der Waals surface area contributed by atoms with Crippen LogP contribution in [-0.2, 0) is 10.3 Å². The Bertz CT molecular complexity index is 436. The first-order valence-corrected chi connectivity index (χ1v) is 7.57. The van der Waals surface area contributed by atoms with Gasteiger partial charge in [0.2, 0.25) is 5.91 Å². The lowest BCUT2D eigenvalue weighted by Crippen LogP contribution is -2.47. The van der Waals surface area contributed by atoms with Crippen molar-refractivity contribution in [1.29, 1.82) is 0 Å². The average molecular weight is 325 g/mol. The van der Waals surface area contributed by atoms with Crippen molar-refractivity contribution in [3.8, 4) is 0 Å². The van der Waals surface area contributed by atoms with Crippen molar-refractivity contribution < 1.29 is 4.79 Å². The highest BCUT2D eigenvalue weighted by atomic mass is 79.9. The van der Waals surface area contributed by atoms with Crippen LogP contribution in [0.15, 0.2) is 28.7 Å². The Labute approximate surface area is 123 Å². The number of carbonyl (C=O) groups excluding carboxylic acids is 1. The minimum absolute atomic E-state index is 0.100. The van der Waals surface area contributed by atoms with Crippen LogP contribution in [-0.4, -0.2) is 19.0 Å². The van der Waals surface area contributed by atoms with E-state index < -0.39 is 0 Å². The number of benzene rings is 1. The van der Waals surface area contributed by atoms with Gasteiger partial charge in [-0.1, -0.05) is 28.1 Å². The van der Waals surface area contributed by atoms with Gasteiger partial charge in [-0.25, -0.2) is 0 Å². The Morgan fingerprint density at radius 2 is 2.05 bits per heavy atom. The molecule has 1 aliphatic rings. The van der Waals surface area contributed by atoms with E-state index >= 15 is 0 Å². The molecule has 4 heteroatoms. The highest BCUT2D eigenvalue weighted by molar-refractivity contribution is 9.10. The Morgan fingerprint density at radius 1 is 1.37 bits per heavy atom. The van der Waals surface area contributed by atoms with Gasteiger partial charge in [-0.2, -0.15) is 0 Å². The fourth-order valence-electron chi connectivity index (χ4n) is 2.42. The van der Waals surface area contributed by atoms with Gasteiger partial charge < -0.3 is 10.6 Å². The first kappa shape index (κ1) is 14.5. The molecule has 0 saturated carbocycles. The van der Waals surface area contributed by atoms with Gasteiger partial charge in [0.05, 0.1) is 11.5 Å². The van der Waals surface area contributed by atoms with Crippen molar-refractivity contribution in [2.45, 2.75) is 32.2 Å². The second kappa shape index (κ2) is 6.06. The second-order valence-electron chi connectivity index (χ2n) is 5.66. The summed E-state index contributed by atoms with van der Waals surface area (Å²) in [5.41, 5.74) is 0.780. The molecular formula is C15H21BrN2O. The second-order valence-corrected chi connectivity index (χ2v) is 6.58. The molecule has 1 unspecified atom stereocenters. The Kier molecular flexibility index (Phi) is 4.63. The standard InChI is InChI=1S/C15H21BrN2O/c1-15(2,12-5-7-13(16)8-6-12)18-14(19)11-4-3-9-17-10-11/h5-8,11,17H,3-4,9-10H2,1-2H3,(H,18,19). The first-order valence-electron chi connectivity index (χ1n) is 6.78. The molecule has 0 bridgehead atoms. The van der Waals surface area contributed by atoms with Gasteiger partial charge in [-0.3, -0.25) is 4.79 Å². The highest BCUT2D eigenvalue weighted by Crippen LogP contribution is 2.23. The third kappa shape index (κ3) is 3.80. The molecule has 1 heterocycles. The van der Waals surface area contributed by atoms with Gasteiger partial charge in [-0.15, -0.1) is 0 Å². The third-order valence-corrected chi connectivity index (χ3v) is 4.20. The normalized spacial score (nSPS) is 20.1. The van der Waals surface area contributed by atoms with Crippen LogP contribution in [0.25, 0.3) is 0 Å². The molecule has 1 saturated heterocycles. The van der Waals surface area contributed by atoms with E-state index in [2.05, 4.69) is 26.6 Å². The number of carbonyl (C=O) groups is 1. The van der Waals surface area contributed by atoms with E-state index in [4.69, 9.17) is 0 Å². The molecule has 1 aromatic rings. The van der Waals surface area contributed by atoms with Crippen LogP contribution in [0.1, 0.15) is 32.3 Å². The smallest absolute Gasteiger partial charge is 0.225 e. The molecule has 0 aromatic heterocycles. The largest absolute Gasteiger partial charge is 0.347 e. The van der Waals surface area contributed by atoms with Gasteiger partial charge >= 0.3 is 0 Å².